The molecule has 0 spiro atoms. The predicted molar refractivity (Wildman–Crippen MR) is 85.1 cm³/mol. The van der Waals surface area contributed by atoms with Crippen molar-refractivity contribution < 1.29 is 9.90 Å². The number of aryl methyl sites for hydroxylation is 2. The van der Waals surface area contributed by atoms with Crippen molar-refractivity contribution in [3.63, 3.8) is 0 Å². The van der Waals surface area contributed by atoms with Crippen LogP contribution >= 0.6 is 0 Å². The van der Waals surface area contributed by atoms with Gasteiger partial charge in [0.05, 0.1) is 6.61 Å². The van der Waals surface area contributed by atoms with E-state index in [-0.39, 0.29) is 17.9 Å². The Morgan fingerprint density at radius 2 is 1.81 bits per heavy atom. The molecule has 1 amide bonds. The Morgan fingerprint density at radius 1 is 1.19 bits per heavy atom. The number of aliphatic hydroxyl groups excluding tert-OH is 1. The van der Waals surface area contributed by atoms with Crippen LogP contribution in [-0.2, 0) is 17.6 Å². The Kier molecular flexibility index (Phi) is 5.80. The minimum Gasteiger partial charge on any atom is -0.396 e. The number of carbonyl (C=O) groups excluding carboxylic acids is 1. The SMILES string of the molecule is CCc1ccc(CCC(=O)NCC2(CO)CCCC2)cc1. The Balaban J connectivity index is 1.74. The van der Waals surface area contributed by atoms with Crippen LogP contribution in [0.15, 0.2) is 24.3 Å². The van der Waals surface area contributed by atoms with Gasteiger partial charge in [0.25, 0.3) is 0 Å². The van der Waals surface area contributed by atoms with E-state index in [2.05, 4.69) is 36.5 Å². The maximum atomic E-state index is 12.0. The third-order valence-electron chi connectivity index (χ3n) is 4.73. The average molecular weight is 289 g/mol. The van der Waals surface area contributed by atoms with Gasteiger partial charge < -0.3 is 10.4 Å². The number of nitrogens with one attached hydrogen (secondary N) is 1. The second-order valence-corrected chi connectivity index (χ2v) is 6.31. The summed E-state index contributed by atoms with van der Waals surface area (Å²) in [5, 5.41) is 12.5. The maximum Gasteiger partial charge on any atom is 0.220 e. The van der Waals surface area contributed by atoms with Crippen LogP contribution in [0.1, 0.15) is 50.2 Å². The van der Waals surface area contributed by atoms with Crippen LogP contribution in [0, 0.1) is 5.41 Å². The molecule has 1 aliphatic carbocycles. The summed E-state index contributed by atoms with van der Waals surface area (Å²) in [6.45, 7) is 2.95. The molecule has 2 N–H and O–H groups in total. The van der Waals surface area contributed by atoms with E-state index in [9.17, 15) is 9.90 Å². The molecule has 3 heteroatoms. The highest BCUT2D eigenvalue weighted by molar-refractivity contribution is 5.76. The van der Waals surface area contributed by atoms with Crippen molar-refractivity contribution in [2.75, 3.05) is 13.2 Å². The monoisotopic (exact) mass is 289 g/mol. The summed E-state index contributed by atoms with van der Waals surface area (Å²) in [5.74, 6) is 0.0919. The van der Waals surface area contributed by atoms with E-state index in [1.807, 2.05) is 0 Å². The fourth-order valence-electron chi connectivity index (χ4n) is 3.09. The standard InChI is InChI=1S/C18H27NO2/c1-2-15-5-7-16(8-6-15)9-10-17(21)19-13-18(14-20)11-3-4-12-18/h5-8,20H,2-4,9-14H2,1H3,(H,19,21). The number of hydrogen-bond donors (Lipinski definition) is 2. The van der Waals surface area contributed by atoms with Crippen molar-refractivity contribution in [2.45, 2.75) is 51.9 Å². The number of aliphatic hydroxyl groups is 1. The van der Waals surface area contributed by atoms with Gasteiger partial charge in [0.15, 0.2) is 0 Å². The third-order valence-corrected chi connectivity index (χ3v) is 4.73. The van der Waals surface area contributed by atoms with Crippen molar-refractivity contribution in [1.82, 2.24) is 5.32 Å². The normalized spacial score (nSPS) is 16.9. The second kappa shape index (κ2) is 7.60. The molecule has 1 saturated carbocycles. The zero-order valence-electron chi connectivity index (χ0n) is 13.0. The zero-order chi connectivity index (χ0) is 15.1. The summed E-state index contributed by atoms with van der Waals surface area (Å²) in [6, 6.07) is 8.48. The number of benzene rings is 1. The van der Waals surface area contributed by atoms with Crippen molar-refractivity contribution in [2.24, 2.45) is 5.41 Å². The minimum atomic E-state index is -0.0571. The quantitative estimate of drug-likeness (QED) is 0.811. The van der Waals surface area contributed by atoms with Crippen molar-refractivity contribution >= 4 is 5.91 Å². The first-order valence-electron chi connectivity index (χ1n) is 8.13. The fourth-order valence-corrected chi connectivity index (χ4v) is 3.09. The second-order valence-electron chi connectivity index (χ2n) is 6.31. The van der Waals surface area contributed by atoms with Crippen molar-refractivity contribution in [1.29, 1.82) is 0 Å². The van der Waals surface area contributed by atoms with Crippen LogP contribution in [-0.4, -0.2) is 24.2 Å². The molecule has 3 nitrogen and oxygen atoms in total. The number of rotatable bonds is 7. The van der Waals surface area contributed by atoms with Gasteiger partial charge in [-0.2, -0.15) is 0 Å². The predicted octanol–water partition coefficient (Wildman–Crippen LogP) is 2.85. The number of amides is 1. The molecule has 1 fully saturated rings. The molecule has 0 bridgehead atoms. The van der Waals surface area contributed by atoms with E-state index in [0.29, 0.717) is 13.0 Å². The van der Waals surface area contributed by atoms with E-state index in [1.165, 1.54) is 24.0 Å². The molecule has 116 valence electrons. The molecule has 1 aromatic carbocycles. The summed E-state index contributed by atoms with van der Waals surface area (Å²) >= 11 is 0. The van der Waals surface area contributed by atoms with Crippen LogP contribution in [0.25, 0.3) is 0 Å². The van der Waals surface area contributed by atoms with Crippen LogP contribution < -0.4 is 5.32 Å². The first-order valence-corrected chi connectivity index (χ1v) is 8.13. The van der Waals surface area contributed by atoms with Crippen LogP contribution in [0.4, 0.5) is 0 Å². The van der Waals surface area contributed by atoms with Crippen LogP contribution in [0.2, 0.25) is 0 Å². The van der Waals surface area contributed by atoms with Crippen molar-refractivity contribution in [3.8, 4) is 0 Å². The van der Waals surface area contributed by atoms with E-state index in [4.69, 9.17) is 0 Å². The first-order chi connectivity index (χ1) is 10.2. The number of carbonyl (C=O) groups is 1. The molecule has 0 aliphatic heterocycles. The highest BCUT2D eigenvalue weighted by Gasteiger charge is 2.33. The number of hydrogen-bond acceptors (Lipinski definition) is 2. The Hall–Kier alpha value is -1.35. The molecule has 0 radical (unpaired) electrons. The molecule has 0 saturated heterocycles. The van der Waals surface area contributed by atoms with E-state index < -0.39 is 0 Å². The van der Waals surface area contributed by atoms with Gasteiger partial charge in [0.1, 0.15) is 0 Å². The molecule has 0 aromatic heterocycles. The summed E-state index contributed by atoms with van der Waals surface area (Å²) in [4.78, 5) is 12.0. The topological polar surface area (TPSA) is 49.3 Å². The lowest BCUT2D eigenvalue weighted by Gasteiger charge is -2.26. The lowest BCUT2D eigenvalue weighted by molar-refractivity contribution is -0.121. The lowest BCUT2D eigenvalue weighted by atomic mass is 9.87. The summed E-state index contributed by atoms with van der Waals surface area (Å²) in [6.07, 6.45) is 6.74. The highest BCUT2D eigenvalue weighted by Crippen LogP contribution is 2.36. The summed E-state index contributed by atoms with van der Waals surface area (Å²) < 4.78 is 0. The third kappa shape index (κ3) is 4.57. The van der Waals surface area contributed by atoms with Gasteiger partial charge in [-0.3, -0.25) is 4.79 Å². The van der Waals surface area contributed by atoms with Gasteiger partial charge in [-0.15, -0.1) is 0 Å². The fraction of sp³-hybridized carbons (Fsp3) is 0.611. The molecule has 0 heterocycles. The smallest absolute Gasteiger partial charge is 0.220 e. The van der Waals surface area contributed by atoms with E-state index in [1.54, 1.807) is 0 Å². The molecular formula is C18H27NO2. The van der Waals surface area contributed by atoms with E-state index in [0.717, 1.165) is 25.7 Å². The largest absolute Gasteiger partial charge is 0.396 e. The van der Waals surface area contributed by atoms with Gasteiger partial charge >= 0.3 is 0 Å². The Morgan fingerprint density at radius 3 is 2.38 bits per heavy atom. The molecule has 0 atom stereocenters. The van der Waals surface area contributed by atoms with E-state index >= 15 is 0 Å². The van der Waals surface area contributed by atoms with Crippen molar-refractivity contribution in [3.05, 3.63) is 35.4 Å². The van der Waals surface area contributed by atoms with Gasteiger partial charge in [0.2, 0.25) is 5.91 Å². The summed E-state index contributed by atoms with van der Waals surface area (Å²) in [7, 11) is 0. The Labute approximate surface area is 127 Å². The minimum absolute atomic E-state index is 0.0571. The summed E-state index contributed by atoms with van der Waals surface area (Å²) in [5.41, 5.74) is 2.48. The molecular weight excluding hydrogens is 262 g/mol. The maximum absolute atomic E-state index is 12.0. The first kappa shape index (κ1) is 16.0. The highest BCUT2D eigenvalue weighted by atomic mass is 16.3. The van der Waals surface area contributed by atoms with Crippen LogP contribution in [0.5, 0.6) is 0 Å². The van der Waals surface area contributed by atoms with Crippen LogP contribution in [0.3, 0.4) is 0 Å². The molecule has 2 rings (SSSR count). The molecule has 0 unspecified atom stereocenters. The van der Waals surface area contributed by atoms with Gasteiger partial charge in [-0.05, 0) is 36.8 Å². The molecule has 21 heavy (non-hydrogen) atoms. The van der Waals surface area contributed by atoms with Gasteiger partial charge in [-0.25, -0.2) is 0 Å². The zero-order valence-corrected chi connectivity index (χ0v) is 13.0. The average Bonchev–Trinajstić information content (AvgIpc) is 3.01. The Bertz CT molecular complexity index is 447. The molecule has 1 aliphatic rings. The molecule has 1 aromatic rings. The van der Waals surface area contributed by atoms with Gasteiger partial charge in [-0.1, -0.05) is 44.0 Å². The lowest BCUT2D eigenvalue weighted by Crippen LogP contribution is -2.38. The van der Waals surface area contributed by atoms with Gasteiger partial charge in [0, 0.05) is 18.4 Å².